The van der Waals surface area contributed by atoms with Crippen LogP contribution in [0.1, 0.15) is 69.2 Å². The molecular formula is C58H56Cl2N3+. The summed E-state index contributed by atoms with van der Waals surface area (Å²) in [6.07, 6.45) is 14.5. The third-order valence-corrected chi connectivity index (χ3v) is 13.7. The fourth-order valence-electron chi connectivity index (χ4n) is 9.99. The summed E-state index contributed by atoms with van der Waals surface area (Å²) in [6.45, 7) is 11.1. The van der Waals surface area contributed by atoms with E-state index in [0.29, 0.717) is 0 Å². The molecule has 2 heterocycles. The van der Waals surface area contributed by atoms with Crippen molar-refractivity contribution in [2.45, 2.75) is 70.6 Å². The van der Waals surface area contributed by atoms with Crippen molar-refractivity contribution in [3.63, 3.8) is 0 Å². The SMILES string of the molecule is CC1(C)C(=C/C=C2\CCC/C(=C\C=C3N(CCc4ccccc4)c4ccc(Cl)cc4C3(C)C)C2=[N+](c2ccccc2)c2ccccc2)N(CCc2ccccc2)c2ccc(Cl)cc21. The van der Waals surface area contributed by atoms with E-state index in [4.69, 9.17) is 23.2 Å². The van der Waals surface area contributed by atoms with Crippen LogP contribution in [0.5, 0.6) is 0 Å². The normalized spacial score (nSPS) is 19.0. The van der Waals surface area contributed by atoms with Gasteiger partial charge in [0.1, 0.15) is 0 Å². The minimum absolute atomic E-state index is 0.250. The molecule has 2 aliphatic heterocycles. The second-order valence-electron chi connectivity index (χ2n) is 18.0. The standard InChI is InChI=1S/C58H56Cl2N3/c1-57(2)50-40-46(59)30-32-52(50)61(38-36-42-18-9-5-10-19-42)54(57)34-28-44-22-17-23-45(56(44)63(48-24-13-7-14-25-48)49-26-15-8-16-27-49)29-35-55-58(3,4)51-41-47(60)31-33-53(51)62(55)39-37-43-20-11-6-12-21-43/h5-16,18-21,24-35,40-41H,17,22-23,36-39H2,1-4H3/q+1. The Balaban J connectivity index is 1.20. The molecule has 0 saturated heterocycles. The molecule has 63 heavy (non-hydrogen) atoms. The lowest BCUT2D eigenvalue weighted by molar-refractivity contribution is 0.630. The summed E-state index contributed by atoms with van der Waals surface area (Å²) in [5.41, 5.74) is 15.9. The topological polar surface area (TPSA) is 9.49 Å². The molecule has 1 aliphatic carbocycles. The van der Waals surface area contributed by atoms with Gasteiger partial charge in [0.05, 0.1) is 0 Å². The lowest BCUT2D eigenvalue weighted by Gasteiger charge is -2.28. The summed E-state index contributed by atoms with van der Waals surface area (Å²) in [5, 5.41) is 1.54. The van der Waals surface area contributed by atoms with Gasteiger partial charge in [-0.2, -0.15) is 4.58 Å². The fourth-order valence-corrected chi connectivity index (χ4v) is 10.3. The molecule has 5 heteroatoms. The van der Waals surface area contributed by atoms with E-state index in [9.17, 15) is 0 Å². The number of hydrogen-bond donors (Lipinski definition) is 0. The van der Waals surface area contributed by atoms with Crippen molar-refractivity contribution in [1.82, 2.24) is 4.58 Å². The van der Waals surface area contributed by atoms with E-state index in [1.807, 2.05) is 12.1 Å². The van der Waals surface area contributed by atoms with Gasteiger partial charge >= 0.3 is 0 Å². The van der Waals surface area contributed by atoms with Crippen LogP contribution < -0.4 is 14.4 Å². The smallest absolute Gasteiger partial charge is 0.218 e. The first kappa shape index (κ1) is 42.4. The van der Waals surface area contributed by atoms with Crippen LogP contribution in [0.25, 0.3) is 0 Å². The number of halogens is 2. The van der Waals surface area contributed by atoms with Gasteiger partial charge in [-0.05, 0) is 103 Å². The monoisotopic (exact) mass is 864 g/mol. The van der Waals surface area contributed by atoms with E-state index < -0.39 is 0 Å². The second kappa shape index (κ2) is 18.1. The van der Waals surface area contributed by atoms with Crippen LogP contribution in [0.2, 0.25) is 10.0 Å². The lowest BCUT2D eigenvalue weighted by Crippen LogP contribution is -2.29. The minimum Gasteiger partial charge on any atom is -0.344 e. The fraction of sp³-hybridized carbons (Fsp3) is 0.224. The summed E-state index contributed by atoms with van der Waals surface area (Å²) in [7, 11) is 0. The van der Waals surface area contributed by atoms with E-state index in [0.717, 1.165) is 66.6 Å². The predicted octanol–water partition coefficient (Wildman–Crippen LogP) is 15.2. The predicted molar refractivity (Wildman–Crippen MR) is 269 cm³/mol. The zero-order valence-corrected chi connectivity index (χ0v) is 38.4. The molecule has 0 bridgehead atoms. The molecule has 0 N–H and O–H groups in total. The van der Waals surface area contributed by atoms with E-state index >= 15 is 0 Å². The Bertz CT molecular complexity index is 2570. The average molecular weight is 866 g/mol. The number of fused-ring (bicyclic) bond motifs is 2. The van der Waals surface area contributed by atoms with Crippen LogP contribution in [0.4, 0.5) is 22.7 Å². The zero-order valence-electron chi connectivity index (χ0n) is 36.9. The first-order valence-corrected chi connectivity index (χ1v) is 23.2. The van der Waals surface area contributed by atoms with Crippen molar-refractivity contribution >= 4 is 51.7 Å². The van der Waals surface area contributed by atoms with Crippen LogP contribution in [0.3, 0.4) is 0 Å². The number of para-hydroxylation sites is 2. The third-order valence-electron chi connectivity index (χ3n) is 13.3. The van der Waals surface area contributed by atoms with Crippen LogP contribution >= 0.6 is 23.2 Å². The van der Waals surface area contributed by atoms with Crippen LogP contribution in [-0.2, 0) is 23.7 Å². The summed E-state index contributed by atoms with van der Waals surface area (Å²) in [5.74, 6) is 0. The van der Waals surface area contributed by atoms with Gasteiger partial charge in [0.25, 0.3) is 0 Å². The Morgan fingerprint density at radius 1 is 0.492 bits per heavy atom. The molecule has 0 spiro atoms. The summed E-state index contributed by atoms with van der Waals surface area (Å²) in [4.78, 5) is 5.06. The van der Waals surface area contributed by atoms with Gasteiger partial charge in [-0.1, -0.05) is 160 Å². The molecule has 316 valence electrons. The van der Waals surface area contributed by atoms with E-state index in [-0.39, 0.29) is 10.8 Å². The average Bonchev–Trinajstić information content (AvgIpc) is 3.64. The maximum atomic E-state index is 6.71. The summed E-state index contributed by atoms with van der Waals surface area (Å²) < 4.78 is 2.48. The van der Waals surface area contributed by atoms with E-state index in [1.54, 1.807) is 0 Å². The first-order valence-electron chi connectivity index (χ1n) is 22.4. The number of benzene rings is 6. The highest BCUT2D eigenvalue weighted by Crippen LogP contribution is 2.50. The molecule has 0 radical (unpaired) electrons. The maximum absolute atomic E-state index is 6.71. The van der Waals surface area contributed by atoms with Crippen LogP contribution in [-0.4, -0.2) is 18.8 Å². The number of anilines is 2. The van der Waals surface area contributed by atoms with E-state index in [1.165, 1.54) is 61.9 Å². The molecule has 6 aromatic carbocycles. The molecule has 3 nitrogen and oxygen atoms in total. The van der Waals surface area contributed by atoms with Crippen molar-refractivity contribution in [2.24, 2.45) is 0 Å². The molecule has 1 saturated carbocycles. The highest BCUT2D eigenvalue weighted by atomic mass is 35.5. The van der Waals surface area contributed by atoms with Gasteiger partial charge in [-0.3, -0.25) is 0 Å². The van der Waals surface area contributed by atoms with Crippen LogP contribution in [0.15, 0.2) is 205 Å². The molecule has 0 amide bonds. The van der Waals surface area contributed by atoms with Gasteiger partial charge in [0.15, 0.2) is 0 Å². The maximum Gasteiger partial charge on any atom is 0.218 e. The van der Waals surface area contributed by atoms with Crippen molar-refractivity contribution in [1.29, 1.82) is 0 Å². The highest BCUT2D eigenvalue weighted by Gasteiger charge is 2.42. The Kier molecular flexibility index (Phi) is 12.2. The Morgan fingerprint density at radius 3 is 1.27 bits per heavy atom. The van der Waals surface area contributed by atoms with Gasteiger partial charge in [0.2, 0.25) is 17.1 Å². The molecule has 6 aromatic rings. The molecule has 1 fully saturated rings. The Morgan fingerprint density at radius 2 is 0.873 bits per heavy atom. The molecule has 0 unspecified atom stereocenters. The largest absolute Gasteiger partial charge is 0.344 e. The number of nitrogens with zero attached hydrogens (tertiary/aromatic N) is 3. The molecule has 9 rings (SSSR count). The van der Waals surface area contributed by atoms with Crippen LogP contribution in [0, 0.1) is 0 Å². The van der Waals surface area contributed by atoms with Crippen molar-refractivity contribution in [2.75, 3.05) is 22.9 Å². The third kappa shape index (κ3) is 8.62. The summed E-state index contributed by atoms with van der Waals surface area (Å²) >= 11 is 13.4. The number of rotatable bonds is 10. The zero-order chi connectivity index (χ0) is 43.6. The minimum atomic E-state index is -0.250. The molecule has 3 aliphatic rings. The van der Waals surface area contributed by atoms with Crippen molar-refractivity contribution in [3.05, 3.63) is 237 Å². The molecule has 0 aromatic heterocycles. The Labute approximate surface area is 384 Å². The van der Waals surface area contributed by atoms with Gasteiger partial charge in [0, 0.05) is 92.1 Å². The first-order chi connectivity index (χ1) is 30.6. The second-order valence-corrected chi connectivity index (χ2v) is 18.9. The summed E-state index contributed by atoms with van der Waals surface area (Å²) in [6, 6.07) is 56.2. The van der Waals surface area contributed by atoms with Gasteiger partial charge in [-0.25, -0.2) is 0 Å². The Hall–Kier alpha value is -5.87. The lowest BCUT2D eigenvalue weighted by atomic mass is 9.82. The van der Waals surface area contributed by atoms with Crippen molar-refractivity contribution < 1.29 is 0 Å². The quantitative estimate of drug-likeness (QED) is 0.127. The number of allylic oxidation sites excluding steroid dienone is 8. The van der Waals surface area contributed by atoms with Gasteiger partial charge < -0.3 is 9.80 Å². The molecular weight excluding hydrogens is 810 g/mol. The van der Waals surface area contributed by atoms with Crippen molar-refractivity contribution in [3.8, 4) is 0 Å². The number of hydrogen-bond acceptors (Lipinski definition) is 2. The van der Waals surface area contributed by atoms with E-state index in [2.05, 4.69) is 212 Å². The molecule has 0 atom stereocenters. The highest BCUT2D eigenvalue weighted by molar-refractivity contribution is 6.31. The van der Waals surface area contributed by atoms with Gasteiger partial charge in [-0.15, -0.1) is 0 Å².